The van der Waals surface area contributed by atoms with Gasteiger partial charge < -0.3 is 5.32 Å². The number of thioether (sulfide) groups is 1. The Morgan fingerprint density at radius 1 is 1.40 bits per heavy atom. The number of hydrogen-bond donors (Lipinski definition) is 1. The summed E-state index contributed by atoms with van der Waals surface area (Å²) in [4.78, 5) is 0.378. The summed E-state index contributed by atoms with van der Waals surface area (Å²) in [6.07, 6.45) is 0.973. The summed E-state index contributed by atoms with van der Waals surface area (Å²) in [5.41, 5.74) is 0. The summed E-state index contributed by atoms with van der Waals surface area (Å²) in [6, 6.07) is 3.87. The largest absolute Gasteiger partial charge is 0.316 e. The van der Waals surface area contributed by atoms with E-state index in [4.69, 9.17) is 0 Å². The molecule has 84 valence electrons. The van der Waals surface area contributed by atoms with Gasteiger partial charge in [-0.2, -0.15) is 0 Å². The Morgan fingerprint density at radius 3 is 2.73 bits per heavy atom. The van der Waals surface area contributed by atoms with Gasteiger partial charge in [0, 0.05) is 16.7 Å². The lowest BCUT2D eigenvalue weighted by molar-refractivity contribution is 0.574. The fourth-order valence-electron chi connectivity index (χ4n) is 1.18. The molecule has 1 aromatic carbocycles. The first-order valence-corrected chi connectivity index (χ1v) is 5.91. The minimum atomic E-state index is -0.392. The first-order chi connectivity index (χ1) is 7.17. The normalized spacial score (nSPS) is 12.8. The van der Waals surface area contributed by atoms with E-state index in [0.29, 0.717) is 10.9 Å². The fraction of sp³-hybridized carbons (Fsp3) is 0.455. The van der Waals surface area contributed by atoms with Crippen molar-refractivity contribution in [3.63, 3.8) is 0 Å². The van der Waals surface area contributed by atoms with Crippen molar-refractivity contribution < 1.29 is 8.78 Å². The molecule has 0 aliphatic rings. The molecule has 0 saturated carbocycles. The predicted molar refractivity (Wildman–Crippen MR) is 60.2 cm³/mol. The third-order valence-electron chi connectivity index (χ3n) is 2.23. The van der Waals surface area contributed by atoms with Gasteiger partial charge in [-0.05, 0) is 31.7 Å². The molecule has 4 heteroatoms. The number of hydrogen-bond acceptors (Lipinski definition) is 2. The molecule has 0 fully saturated rings. The van der Waals surface area contributed by atoms with E-state index in [2.05, 4.69) is 12.2 Å². The van der Waals surface area contributed by atoms with Crippen LogP contribution in [0.1, 0.15) is 13.3 Å². The molecule has 1 N–H and O–H groups in total. The van der Waals surface area contributed by atoms with E-state index >= 15 is 0 Å². The highest BCUT2D eigenvalue weighted by molar-refractivity contribution is 7.99. The third-order valence-corrected chi connectivity index (χ3v) is 3.43. The lowest BCUT2D eigenvalue weighted by atomic mass is 10.3. The zero-order valence-corrected chi connectivity index (χ0v) is 9.70. The maximum atomic E-state index is 13.2. The van der Waals surface area contributed by atoms with Crippen LogP contribution in [0.25, 0.3) is 0 Å². The summed E-state index contributed by atoms with van der Waals surface area (Å²) in [7, 11) is 1.87. The first kappa shape index (κ1) is 12.5. The maximum absolute atomic E-state index is 13.2. The molecule has 0 heterocycles. The van der Waals surface area contributed by atoms with Gasteiger partial charge in [0.25, 0.3) is 0 Å². The molecule has 0 aliphatic heterocycles. The predicted octanol–water partition coefficient (Wildman–Crippen LogP) is 3.05. The van der Waals surface area contributed by atoms with Crippen molar-refractivity contribution in [2.45, 2.75) is 24.3 Å². The van der Waals surface area contributed by atoms with E-state index in [0.717, 1.165) is 24.3 Å². The molecule has 0 amide bonds. The second kappa shape index (κ2) is 6.08. The van der Waals surface area contributed by atoms with Gasteiger partial charge in [0.1, 0.15) is 11.6 Å². The lowest BCUT2D eigenvalue weighted by Gasteiger charge is -2.13. The van der Waals surface area contributed by atoms with Crippen LogP contribution in [0.3, 0.4) is 0 Å². The Labute approximate surface area is 93.3 Å². The minimum absolute atomic E-state index is 0.331. The standard InChI is InChI=1S/C11H15F2NS/c1-3-9(14-2)7-15-11-6-8(12)4-5-10(11)13/h4-6,9,14H,3,7H2,1-2H3. The van der Waals surface area contributed by atoms with Crippen molar-refractivity contribution in [3.05, 3.63) is 29.8 Å². The van der Waals surface area contributed by atoms with Crippen molar-refractivity contribution in [3.8, 4) is 0 Å². The summed E-state index contributed by atoms with van der Waals surface area (Å²) in [5.74, 6) is -0.00309. The molecular weight excluding hydrogens is 216 g/mol. The average molecular weight is 231 g/mol. The summed E-state index contributed by atoms with van der Waals surface area (Å²) < 4.78 is 26.1. The Balaban J connectivity index is 2.60. The van der Waals surface area contributed by atoms with Crippen LogP contribution in [-0.4, -0.2) is 18.8 Å². The topological polar surface area (TPSA) is 12.0 Å². The van der Waals surface area contributed by atoms with Gasteiger partial charge in [-0.1, -0.05) is 6.92 Å². The number of halogens is 2. The molecule has 1 aromatic rings. The fourth-order valence-corrected chi connectivity index (χ4v) is 2.37. The van der Waals surface area contributed by atoms with Crippen molar-refractivity contribution in [1.29, 1.82) is 0 Å². The van der Waals surface area contributed by atoms with Crippen molar-refractivity contribution in [2.24, 2.45) is 0 Å². The van der Waals surface area contributed by atoms with Crippen LogP contribution in [0, 0.1) is 11.6 Å². The lowest BCUT2D eigenvalue weighted by Crippen LogP contribution is -2.26. The molecule has 0 radical (unpaired) electrons. The van der Waals surface area contributed by atoms with Crippen LogP contribution < -0.4 is 5.32 Å². The monoisotopic (exact) mass is 231 g/mol. The minimum Gasteiger partial charge on any atom is -0.316 e. The zero-order valence-electron chi connectivity index (χ0n) is 8.89. The van der Waals surface area contributed by atoms with Gasteiger partial charge in [-0.3, -0.25) is 0 Å². The number of nitrogens with one attached hydrogen (secondary N) is 1. The second-order valence-corrected chi connectivity index (χ2v) is 4.34. The highest BCUT2D eigenvalue weighted by Crippen LogP contribution is 2.23. The Kier molecular flexibility index (Phi) is 5.05. The van der Waals surface area contributed by atoms with Gasteiger partial charge in [-0.15, -0.1) is 11.8 Å². The average Bonchev–Trinajstić information content (AvgIpc) is 2.24. The third kappa shape index (κ3) is 3.80. The van der Waals surface area contributed by atoms with E-state index in [9.17, 15) is 8.78 Å². The zero-order chi connectivity index (χ0) is 11.3. The molecule has 1 nitrogen and oxygen atoms in total. The van der Waals surface area contributed by atoms with Gasteiger partial charge in [-0.25, -0.2) is 8.78 Å². The van der Waals surface area contributed by atoms with E-state index < -0.39 is 5.82 Å². The van der Waals surface area contributed by atoms with Crippen LogP contribution in [0.15, 0.2) is 23.1 Å². The SMILES string of the molecule is CCC(CSc1cc(F)ccc1F)NC. The first-order valence-electron chi connectivity index (χ1n) is 4.92. The van der Waals surface area contributed by atoms with Crippen LogP contribution in [0.2, 0.25) is 0 Å². The molecule has 0 spiro atoms. The van der Waals surface area contributed by atoms with Crippen molar-refractivity contribution in [1.82, 2.24) is 5.32 Å². The van der Waals surface area contributed by atoms with Crippen LogP contribution >= 0.6 is 11.8 Å². The van der Waals surface area contributed by atoms with Crippen LogP contribution in [0.4, 0.5) is 8.78 Å². The smallest absolute Gasteiger partial charge is 0.136 e. The highest BCUT2D eigenvalue weighted by atomic mass is 32.2. The Morgan fingerprint density at radius 2 is 2.13 bits per heavy atom. The van der Waals surface area contributed by atoms with E-state index in [-0.39, 0.29) is 5.82 Å². The van der Waals surface area contributed by atoms with Crippen LogP contribution in [-0.2, 0) is 0 Å². The number of benzene rings is 1. The Bertz CT molecular complexity index is 313. The molecule has 1 unspecified atom stereocenters. The summed E-state index contributed by atoms with van der Waals surface area (Å²) in [5, 5.41) is 3.12. The highest BCUT2D eigenvalue weighted by Gasteiger charge is 2.08. The molecule has 1 rings (SSSR count). The maximum Gasteiger partial charge on any atom is 0.136 e. The van der Waals surface area contributed by atoms with E-state index in [1.165, 1.54) is 17.8 Å². The summed E-state index contributed by atoms with van der Waals surface area (Å²) >= 11 is 1.34. The molecule has 0 saturated heterocycles. The van der Waals surface area contributed by atoms with Gasteiger partial charge in [0.2, 0.25) is 0 Å². The van der Waals surface area contributed by atoms with Crippen molar-refractivity contribution in [2.75, 3.05) is 12.8 Å². The molecular formula is C11H15F2NS. The van der Waals surface area contributed by atoms with E-state index in [1.54, 1.807) is 0 Å². The number of rotatable bonds is 5. The summed E-state index contributed by atoms with van der Waals surface area (Å²) in [6.45, 7) is 2.06. The molecule has 1 atom stereocenters. The molecule has 15 heavy (non-hydrogen) atoms. The van der Waals surface area contributed by atoms with E-state index in [1.807, 2.05) is 7.05 Å². The Hall–Kier alpha value is -0.610. The van der Waals surface area contributed by atoms with Crippen molar-refractivity contribution >= 4 is 11.8 Å². The van der Waals surface area contributed by atoms with Crippen LogP contribution in [0.5, 0.6) is 0 Å². The molecule has 0 aromatic heterocycles. The second-order valence-electron chi connectivity index (χ2n) is 3.28. The molecule has 0 aliphatic carbocycles. The van der Waals surface area contributed by atoms with Gasteiger partial charge in [0.15, 0.2) is 0 Å². The van der Waals surface area contributed by atoms with Gasteiger partial charge in [0.05, 0.1) is 0 Å². The van der Waals surface area contributed by atoms with Gasteiger partial charge >= 0.3 is 0 Å². The quantitative estimate of drug-likeness (QED) is 0.782. The molecule has 0 bridgehead atoms.